The van der Waals surface area contributed by atoms with Gasteiger partial charge in [-0.25, -0.2) is 0 Å². The van der Waals surface area contributed by atoms with Gasteiger partial charge in [0, 0.05) is 29.8 Å². The van der Waals surface area contributed by atoms with Crippen molar-refractivity contribution < 1.29 is 0 Å². The number of anilines is 1. The van der Waals surface area contributed by atoms with Crippen LogP contribution >= 0.6 is 11.6 Å². The van der Waals surface area contributed by atoms with E-state index in [1.807, 2.05) is 6.07 Å². The normalized spacial score (nSPS) is 19.6. The van der Waals surface area contributed by atoms with Crippen molar-refractivity contribution in [1.82, 2.24) is 5.32 Å². The monoisotopic (exact) mass is 308 g/mol. The summed E-state index contributed by atoms with van der Waals surface area (Å²) in [5, 5.41) is 4.36. The Morgan fingerprint density at radius 2 is 2.10 bits per heavy atom. The van der Waals surface area contributed by atoms with Crippen LogP contribution in [-0.2, 0) is 6.54 Å². The maximum atomic E-state index is 6.22. The van der Waals surface area contributed by atoms with Crippen molar-refractivity contribution in [3.05, 3.63) is 28.8 Å². The molecule has 1 fully saturated rings. The molecule has 2 rings (SSSR count). The molecule has 0 radical (unpaired) electrons. The predicted octanol–water partition coefficient (Wildman–Crippen LogP) is 5.00. The van der Waals surface area contributed by atoms with Crippen molar-refractivity contribution in [2.45, 2.75) is 65.0 Å². The molecule has 2 nitrogen and oxygen atoms in total. The van der Waals surface area contributed by atoms with Crippen LogP contribution in [0.2, 0.25) is 5.02 Å². The highest BCUT2D eigenvalue weighted by Gasteiger charge is 2.21. The van der Waals surface area contributed by atoms with Gasteiger partial charge in [-0.3, -0.25) is 0 Å². The molecule has 1 saturated heterocycles. The van der Waals surface area contributed by atoms with Crippen molar-refractivity contribution >= 4 is 17.3 Å². The predicted molar refractivity (Wildman–Crippen MR) is 93.3 cm³/mol. The molecule has 118 valence electrons. The Hall–Kier alpha value is -0.730. The summed E-state index contributed by atoms with van der Waals surface area (Å²) in [5.74, 6) is 0. The van der Waals surface area contributed by atoms with Crippen LogP contribution < -0.4 is 10.2 Å². The number of hydrogen-bond donors (Lipinski definition) is 1. The summed E-state index contributed by atoms with van der Waals surface area (Å²) in [5.41, 5.74) is 2.73. The van der Waals surface area contributed by atoms with E-state index < -0.39 is 0 Å². The zero-order valence-electron chi connectivity index (χ0n) is 13.5. The molecule has 0 saturated carbocycles. The molecule has 1 aliphatic rings. The van der Waals surface area contributed by atoms with Crippen LogP contribution in [0.3, 0.4) is 0 Å². The van der Waals surface area contributed by atoms with Crippen LogP contribution in [-0.4, -0.2) is 19.1 Å². The van der Waals surface area contributed by atoms with Crippen LogP contribution in [0.4, 0.5) is 5.69 Å². The largest absolute Gasteiger partial charge is 0.368 e. The summed E-state index contributed by atoms with van der Waals surface area (Å²) in [7, 11) is 0. The molecule has 0 aliphatic carbocycles. The zero-order valence-corrected chi connectivity index (χ0v) is 14.3. The Morgan fingerprint density at radius 1 is 1.24 bits per heavy atom. The van der Waals surface area contributed by atoms with Crippen molar-refractivity contribution in [3.8, 4) is 0 Å². The first-order valence-corrected chi connectivity index (χ1v) is 8.89. The van der Waals surface area contributed by atoms with Gasteiger partial charge < -0.3 is 10.2 Å². The third-order valence-corrected chi connectivity index (χ3v) is 4.68. The first-order valence-electron chi connectivity index (χ1n) is 8.52. The molecule has 1 N–H and O–H groups in total. The highest BCUT2D eigenvalue weighted by atomic mass is 35.5. The van der Waals surface area contributed by atoms with Gasteiger partial charge in [0.2, 0.25) is 0 Å². The molecule has 0 aromatic heterocycles. The Bertz CT molecular complexity index is 433. The molecular formula is C18H29ClN2. The van der Waals surface area contributed by atoms with E-state index in [0.29, 0.717) is 6.04 Å². The zero-order chi connectivity index (χ0) is 15.1. The fourth-order valence-electron chi connectivity index (χ4n) is 3.29. The first kappa shape index (κ1) is 16.6. The molecule has 0 bridgehead atoms. The topological polar surface area (TPSA) is 15.3 Å². The molecule has 1 atom stereocenters. The van der Waals surface area contributed by atoms with Crippen molar-refractivity contribution in [2.24, 2.45) is 0 Å². The van der Waals surface area contributed by atoms with Gasteiger partial charge in [-0.05, 0) is 56.0 Å². The van der Waals surface area contributed by atoms with Crippen LogP contribution in [0, 0.1) is 0 Å². The average molecular weight is 309 g/mol. The van der Waals surface area contributed by atoms with E-state index in [-0.39, 0.29) is 0 Å². The number of nitrogens with one attached hydrogen (secondary N) is 1. The lowest BCUT2D eigenvalue weighted by Gasteiger charge is -2.33. The van der Waals surface area contributed by atoms with Gasteiger partial charge in [-0.15, -0.1) is 0 Å². The van der Waals surface area contributed by atoms with Gasteiger partial charge in [0.15, 0.2) is 0 Å². The molecular weight excluding hydrogens is 280 g/mol. The summed E-state index contributed by atoms with van der Waals surface area (Å²) < 4.78 is 0. The standard InChI is InChI=1S/C18H29ClN2/c1-3-11-20-14-15-13-16(19)9-10-18(15)21-12-7-5-6-8-17(21)4-2/h9-10,13,17,20H,3-8,11-12,14H2,1-2H3. The van der Waals surface area contributed by atoms with Gasteiger partial charge in [0.1, 0.15) is 0 Å². The number of nitrogens with zero attached hydrogens (tertiary/aromatic N) is 1. The smallest absolute Gasteiger partial charge is 0.0415 e. The minimum Gasteiger partial charge on any atom is -0.368 e. The first-order chi connectivity index (χ1) is 10.3. The molecule has 0 amide bonds. The molecule has 1 aromatic rings. The molecule has 1 unspecified atom stereocenters. The van der Waals surface area contributed by atoms with Crippen LogP contribution in [0.25, 0.3) is 0 Å². The third kappa shape index (κ3) is 4.62. The van der Waals surface area contributed by atoms with Gasteiger partial charge in [-0.2, -0.15) is 0 Å². The number of benzene rings is 1. The maximum Gasteiger partial charge on any atom is 0.0415 e. The average Bonchev–Trinajstić information content (AvgIpc) is 2.73. The Balaban J connectivity index is 2.22. The molecule has 1 heterocycles. The van der Waals surface area contributed by atoms with E-state index in [2.05, 4.69) is 36.2 Å². The van der Waals surface area contributed by atoms with E-state index in [1.54, 1.807) is 0 Å². The second-order valence-corrected chi connectivity index (χ2v) is 6.49. The number of hydrogen-bond acceptors (Lipinski definition) is 2. The fraction of sp³-hybridized carbons (Fsp3) is 0.667. The van der Waals surface area contributed by atoms with Gasteiger partial charge >= 0.3 is 0 Å². The van der Waals surface area contributed by atoms with Gasteiger partial charge in [0.25, 0.3) is 0 Å². The second-order valence-electron chi connectivity index (χ2n) is 6.05. The molecule has 0 spiro atoms. The summed E-state index contributed by atoms with van der Waals surface area (Å²) in [4.78, 5) is 2.63. The highest BCUT2D eigenvalue weighted by Crippen LogP contribution is 2.30. The Labute approximate surface area is 134 Å². The minimum absolute atomic E-state index is 0.679. The van der Waals surface area contributed by atoms with Gasteiger partial charge in [-0.1, -0.05) is 38.3 Å². The third-order valence-electron chi connectivity index (χ3n) is 4.44. The lowest BCUT2D eigenvalue weighted by Crippen LogP contribution is -2.35. The molecule has 1 aliphatic heterocycles. The minimum atomic E-state index is 0.679. The lowest BCUT2D eigenvalue weighted by atomic mass is 10.0. The summed E-state index contributed by atoms with van der Waals surface area (Å²) >= 11 is 6.22. The van der Waals surface area contributed by atoms with Gasteiger partial charge in [0.05, 0.1) is 0 Å². The lowest BCUT2D eigenvalue weighted by molar-refractivity contribution is 0.553. The van der Waals surface area contributed by atoms with Crippen molar-refractivity contribution in [1.29, 1.82) is 0 Å². The summed E-state index contributed by atoms with van der Waals surface area (Å²) in [6.45, 7) is 7.67. The molecule has 3 heteroatoms. The Kier molecular flexibility index (Phi) is 6.85. The number of rotatable bonds is 6. The van der Waals surface area contributed by atoms with E-state index in [4.69, 9.17) is 11.6 Å². The quantitative estimate of drug-likeness (QED) is 0.744. The summed E-state index contributed by atoms with van der Waals surface area (Å²) in [6.07, 6.45) is 7.75. The van der Waals surface area contributed by atoms with Crippen LogP contribution in [0.5, 0.6) is 0 Å². The Morgan fingerprint density at radius 3 is 2.86 bits per heavy atom. The van der Waals surface area contributed by atoms with Crippen LogP contribution in [0.1, 0.15) is 57.9 Å². The van der Waals surface area contributed by atoms with Crippen molar-refractivity contribution in [3.63, 3.8) is 0 Å². The second kappa shape index (κ2) is 8.65. The fourth-order valence-corrected chi connectivity index (χ4v) is 3.49. The maximum absolute atomic E-state index is 6.22. The summed E-state index contributed by atoms with van der Waals surface area (Å²) in [6, 6.07) is 7.08. The van der Waals surface area contributed by atoms with E-state index in [0.717, 1.165) is 24.5 Å². The van der Waals surface area contributed by atoms with Crippen molar-refractivity contribution in [2.75, 3.05) is 18.0 Å². The molecule has 21 heavy (non-hydrogen) atoms. The molecule has 1 aromatic carbocycles. The van der Waals surface area contributed by atoms with E-state index in [9.17, 15) is 0 Å². The van der Waals surface area contributed by atoms with Crippen LogP contribution in [0.15, 0.2) is 18.2 Å². The van der Waals surface area contributed by atoms with E-state index >= 15 is 0 Å². The number of halogens is 1. The van der Waals surface area contributed by atoms with E-state index in [1.165, 1.54) is 49.9 Å². The highest BCUT2D eigenvalue weighted by molar-refractivity contribution is 6.30. The SMILES string of the molecule is CCCNCc1cc(Cl)ccc1N1CCCCCC1CC.